The van der Waals surface area contributed by atoms with Crippen LogP contribution in [0.4, 0.5) is 8.78 Å². The zero-order chi connectivity index (χ0) is 25.7. The van der Waals surface area contributed by atoms with E-state index >= 15 is 0 Å². The second-order valence-electron chi connectivity index (χ2n) is 9.32. The van der Waals surface area contributed by atoms with E-state index in [2.05, 4.69) is 5.32 Å². The number of benzene rings is 2. The maximum Gasteiger partial charge on any atom is 0.348 e. The van der Waals surface area contributed by atoms with Crippen LogP contribution >= 0.6 is 11.6 Å². The highest BCUT2D eigenvalue weighted by molar-refractivity contribution is 6.36. The number of fused-ring (bicyclic) bond motifs is 1. The Morgan fingerprint density at radius 2 is 1.86 bits per heavy atom. The smallest absolute Gasteiger partial charge is 0.348 e. The number of nitrogens with one attached hydrogen (secondary N) is 1. The van der Waals surface area contributed by atoms with E-state index in [0.29, 0.717) is 16.7 Å². The van der Waals surface area contributed by atoms with Crippen LogP contribution in [0, 0.1) is 0 Å². The number of carbonyl (C=O) groups excluding carboxylic acids is 4. The summed E-state index contributed by atoms with van der Waals surface area (Å²) in [6.07, 6.45) is 0.196. The summed E-state index contributed by atoms with van der Waals surface area (Å²) in [6.45, 7) is 0.0260. The molecule has 0 radical (unpaired) electrons. The highest BCUT2D eigenvalue weighted by Gasteiger charge is 2.50. The molecule has 13 heteroatoms. The third kappa shape index (κ3) is 4.35. The average Bonchev–Trinajstić information content (AvgIpc) is 3.14. The van der Waals surface area contributed by atoms with Crippen LogP contribution < -0.4 is 5.32 Å². The first-order chi connectivity index (χ1) is 16.3. The molecule has 2 aliphatic heterocycles. The number of piperidine rings is 1. The Hall–Kier alpha value is -3.14. The van der Waals surface area contributed by atoms with Crippen molar-refractivity contribution in [3.05, 3.63) is 69.7 Å². The Labute approximate surface area is 208 Å². The minimum absolute atomic E-state index is 0.104. The van der Waals surface area contributed by atoms with Gasteiger partial charge in [0.15, 0.2) is 0 Å². The van der Waals surface area contributed by atoms with E-state index in [1.165, 1.54) is 25.0 Å². The Bertz CT molecular complexity index is 1250. The number of hydrogen-bond donors (Lipinski definition) is 1. The molecule has 2 aromatic rings. The van der Waals surface area contributed by atoms with Crippen molar-refractivity contribution >= 4 is 58.9 Å². The lowest BCUT2D eigenvalue weighted by Crippen LogP contribution is -2.64. The Morgan fingerprint density at radius 1 is 1.20 bits per heavy atom. The fraction of sp³-hybridized carbons (Fsp3) is 0.273. The molecule has 2 unspecified atom stereocenters. The molecule has 4 rings (SSSR count). The van der Waals surface area contributed by atoms with E-state index in [-0.39, 0.29) is 36.3 Å². The summed E-state index contributed by atoms with van der Waals surface area (Å²) in [5, 5.41) is 2.62. The number of imide groups is 1. The second-order valence-corrected chi connectivity index (χ2v) is 9.76. The topological polar surface area (TPSA) is 86.8 Å². The van der Waals surface area contributed by atoms with Gasteiger partial charge in [0.25, 0.3) is 11.8 Å². The van der Waals surface area contributed by atoms with Crippen LogP contribution in [0.25, 0.3) is 0 Å². The lowest BCUT2D eigenvalue weighted by molar-refractivity contribution is -0.154. The summed E-state index contributed by atoms with van der Waals surface area (Å²) in [5.74, 6) is -6.79. The molecule has 2 heterocycles. The summed E-state index contributed by atoms with van der Waals surface area (Å²) in [6, 6.07) is 9.66. The van der Waals surface area contributed by atoms with Gasteiger partial charge in [-0.2, -0.15) is 8.78 Å². The molecule has 0 bridgehead atoms. The monoisotopic (exact) mass is 497 g/mol. The van der Waals surface area contributed by atoms with Crippen molar-refractivity contribution in [3.63, 3.8) is 0 Å². The number of rotatable bonds is 5. The van der Waals surface area contributed by atoms with Crippen molar-refractivity contribution in [2.75, 3.05) is 0 Å². The van der Waals surface area contributed by atoms with E-state index in [9.17, 15) is 28.0 Å². The first kappa shape index (κ1) is 25.0. The van der Waals surface area contributed by atoms with Crippen LogP contribution in [-0.2, 0) is 33.4 Å². The molecule has 1 N–H and O–H groups in total. The van der Waals surface area contributed by atoms with Crippen molar-refractivity contribution in [3.8, 4) is 0 Å². The number of alkyl halides is 2. The number of carbonyl (C=O) groups is 4. The number of hydrogen-bond acceptors (Lipinski definition) is 4. The fourth-order valence-electron chi connectivity index (χ4n) is 4.62. The van der Waals surface area contributed by atoms with Crippen molar-refractivity contribution in [2.45, 2.75) is 36.7 Å². The molecule has 4 amide bonds. The normalized spacial score (nSPS) is 22.1. The standard InChI is InChI=1S/C22H21B3ClF2N3O4/c23-16-8-21(24,19(34)29-17(16)32)30-10-12-7-11(1-6-15(12)18(30)33)9-31(25)20(35)22(27,28)13-2-4-14(26)5-3-13/h1-7,16H,8-10,23-25H2,(H,29,32,34). The first-order valence-electron chi connectivity index (χ1n) is 11.0. The molecule has 1 saturated heterocycles. The number of nitrogens with zero attached hydrogens (tertiary/aromatic N) is 2. The van der Waals surface area contributed by atoms with Crippen molar-refractivity contribution in [2.24, 2.45) is 0 Å². The van der Waals surface area contributed by atoms with Gasteiger partial charge in [0.2, 0.25) is 19.8 Å². The van der Waals surface area contributed by atoms with E-state index in [1.54, 1.807) is 33.9 Å². The molecular weight excluding hydrogens is 476 g/mol. The molecule has 1 fully saturated rings. The van der Waals surface area contributed by atoms with Crippen LogP contribution in [0.3, 0.4) is 0 Å². The predicted molar refractivity (Wildman–Crippen MR) is 132 cm³/mol. The van der Waals surface area contributed by atoms with Crippen molar-refractivity contribution in [1.82, 2.24) is 15.0 Å². The van der Waals surface area contributed by atoms with E-state index in [1.807, 2.05) is 0 Å². The van der Waals surface area contributed by atoms with Gasteiger partial charge in [-0.1, -0.05) is 35.9 Å². The molecule has 0 saturated carbocycles. The molecule has 35 heavy (non-hydrogen) atoms. The lowest BCUT2D eigenvalue weighted by atomic mass is 9.62. The molecule has 2 atom stereocenters. The molecule has 2 aliphatic rings. The van der Waals surface area contributed by atoms with Gasteiger partial charge in [0.05, 0.1) is 5.44 Å². The Morgan fingerprint density at radius 3 is 2.51 bits per heavy atom. The summed E-state index contributed by atoms with van der Waals surface area (Å²) in [7, 11) is 4.60. The zero-order valence-electron chi connectivity index (χ0n) is 19.4. The number of halogens is 3. The van der Waals surface area contributed by atoms with Gasteiger partial charge in [-0.05, 0) is 35.7 Å². The molecule has 0 spiro atoms. The summed E-state index contributed by atoms with van der Waals surface area (Å²) >= 11 is 5.75. The van der Waals surface area contributed by atoms with Crippen LogP contribution in [-0.4, -0.2) is 62.5 Å². The third-order valence-electron chi connectivity index (χ3n) is 6.69. The van der Waals surface area contributed by atoms with Crippen LogP contribution in [0.15, 0.2) is 42.5 Å². The molecule has 0 aromatic heterocycles. The largest absolute Gasteiger partial charge is 0.384 e. The molecule has 0 aliphatic carbocycles. The summed E-state index contributed by atoms with van der Waals surface area (Å²) in [5.41, 5.74) is -0.0791. The third-order valence-corrected chi connectivity index (χ3v) is 6.94. The maximum absolute atomic E-state index is 14.8. The average molecular weight is 497 g/mol. The van der Waals surface area contributed by atoms with Gasteiger partial charge < -0.3 is 9.71 Å². The summed E-state index contributed by atoms with van der Waals surface area (Å²) in [4.78, 5) is 52.5. The highest BCUT2D eigenvalue weighted by Crippen LogP contribution is 2.36. The fourth-order valence-corrected chi connectivity index (χ4v) is 4.75. The second kappa shape index (κ2) is 8.82. The van der Waals surface area contributed by atoms with Crippen LogP contribution in [0.2, 0.25) is 10.8 Å². The van der Waals surface area contributed by atoms with Gasteiger partial charge in [-0.3, -0.25) is 24.5 Å². The van der Waals surface area contributed by atoms with Gasteiger partial charge in [-0.25, -0.2) is 0 Å². The first-order valence-corrected chi connectivity index (χ1v) is 11.4. The van der Waals surface area contributed by atoms with Gasteiger partial charge in [-0.15, -0.1) is 0 Å². The lowest BCUT2D eigenvalue weighted by Gasteiger charge is -2.42. The van der Waals surface area contributed by atoms with E-state index < -0.39 is 34.6 Å². The molecule has 7 nitrogen and oxygen atoms in total. The van der Waals surface area contributed by atoms with E-state index in [0.717, 1.165) is 16.9 Å². The van der Waals surface area contributed by atoms with Gasteiger partial charge >= 0.3 is 5.92 Å². The minimum Gasteiger partial charge on any atom is -0.384 e. The zero-order valence-corrected chi connectivity index (χ0v) is 20.2. The van der Waals surface area contributed by atoms with Crippen LogP contribution in [0.1, 0.15) is 33.5 Å². The summed E-state index contributed by atoms with van der Waals surface area (Å²) < 4.78 is 29.5. The SMILES string of the molecule is BC1CC(B)(N2Cc3cc(CN(B)C(=O)C(F)(F)c4ccc(Cl)cc4)ccc3C2=O)C(=O)NC1=O. The quantitative estimate of drug-likeness (QED) is 0.457. The molecule has 178 valence electrons. The molecular formula is C22H21B3ClF2N3O4. The van der Waals surface area contributed by atoms with Crippen molar-refractivity contribution < 1.29 is 28.0 Å². The van der Waals surface area contributed by atoms with E-state index in [4.69, 9.17) is 11.6 Å². The van der Waals surface area contributed by atoms with Gasteiger partial charge in [0, 0.05) is 35.1 Å². The minimum atomic E-state index is -3.74. The molecule has 2 aromatic carbocycles. The Balaban J connectivity index is 1.51. The van der Waals surface area contributed by atoms with Crippen LogP contribution in [0.5, 0.6) is 0 Å². The highest BCUT2D eigenvalue weighted by atomic mass is 35.5. The Kier molecular flexibility index (Phi) is 6.29. The van der Waals surface area contributed by atoms with Gasteiger partial charge in [0.1, 0.15) is 15.7 Å². The van der Waals surface area contributed by atoms with Crippen molar-refractivity contribution in [1.29, 1.82) is 0 Å². The predicted octanol–water partition coefficient (Wildman–Crippen LogP) is -0.238. The number of amides is 4. The maximum atomic E-state index is 14.8.